The van der Waals surface area contributed by atoms with E-state index >= 15 is 0 Å². The SMILES string of the molecule is O=C(Cc1ccc(Cl)c(Cl)c1)N1CC[NH+]([C@@H]2CCS(=O)(=O)C2)CC1. The molecule has 8 heteroatoms. The van der Waals surface area contributed by atoms with Crippen molar-refractivity contribution < 1.29 is 18.1 Å². The first-order valence-corrected chi connectivity index (χ1v) is 10.7. The van der Waals surface area contributed by atoms with Gasteiger partial charge in [0.2, 0.25) is 5.91 Å². The highest BCUT2D eigenvalue weighted by Crippen LogP contribution is 2.23. The van der Waals surface area contributed by atoms with E-state index in [9.17, 15) is 13.2 Å². The molecular formula is C16H21Cl2N2O3S+. The maximum atomic E-state index is 12.4. The standard InChI is InChI=1S/C16H20Cl2N2O3S/c17-14-2-1-12(9-15(14)18)10-16(21)20-6-4-19(5-7-20)13-3-8-24(22,23)11-13/h1-2,9,13H,3-8,10-11H2/p+1/t13-/m1/s1. The van der Waals surface area contributed by atoms with E-state index in [-0.39, 0.29) is 11.9 Å². The monoisotopic (exact) mass is 391 g/mol. The predicted molar refractivity (Wildman–Crippen MR) is 94.5 cm³/mol. The molecule has 1 N–H and O–H groups in total. The highest BCUT2D eigenvalue weighted by atomic mass is 35.5. The molecule has 0 aliphatic carbocycles. The minimum Gasteiger partial charge on any atom is -0.331 e. The highest BCUT2D eigenvalue weighted by molar-refractivity contribution is 7.91. The summed E-state index contributed by atoms with van der Waals surface area (Å²) in [5.74, 6) is 0.673. The Morgan fingerprint density at radius 3 is 2.50 bits per heavy atom. The molecular weight excluding hydrogens is 371 g/mol. The van der Waals surface area contributed by atoms with Crippen molar-refractivity contribution in [1.29, 1.82) is 0 Å². The van der Waals surface area contributed by atoms with Gasteiger partial charge in [0, 0.05) is 6.42 Å². The van der Waals surface area contributed by atoms with Gasteiger partial charge in [-0.05, 0) is 17.7 Å². The third kappa shape index (κ3) is 4.23. The zero-order valence-corrected chi connectivity index (χ0v) is 15.6. The molecule has 0 spiro atoms. The van der Waals surface area contributed by atoms with Crippen LogP contribution >= 0.6 is 23.2 Å². The van der Waals surface area contributed by atoms with Crippen LogP contribution in [0, 0.1) is 0 Å². The smallest absolute Gasteiger partial charge is 0.227 e. The van der Waals surface area contributed by atoms with Gasteiger partial charge in [-0.15, -0.1) is 0 Å². The Bertz CT molecular complexity index is 731. The van der Waals surface area contributed by atoms with Crippen LogP contribution in [0.4, 0.5) is 0 Å². The second-order valence-corrected chi connectivity index (χ2v) is 9.61. The molecule has 132 valence electrons. The van der Waals surface area contributed by atoms with Gasteiger partial charge in [0.15, 0.2) is 9.84 Å². The van der Waals surface area contributed by atoms with Crippen LogP contribution in [0.5, 0.6) is 0 Å². The summed E-state index contributed by atoms with van der Waals surface area (Å²) in [7, 11) is -2.85. The average Bonchev–Trinajstić information content (AvgIpc) is 2.91. The van der Waals surface area contributed by atoms with Gasteiger partial charge >= 0.3 is 0 Å². The fourth-order valence-electron chi connectivity index (χ4n) is 3.50. The summed E-state index contributed by atoms with van der Waals surface area (Å²) in [5, 5.41) is 0.940. The van der Waals surface area contributed by atoms with Crippen molar-refractivity contribution in [2.75, 3.05) is 37.7 Å². The van der Waals surface area contributed by atoms with Crippen molar-refractivity contribution in [3.05, 3.63) is 33.8 Å². The van der Waals surface area contributed by atoms with Crippen molar-refractivity contribution in [2.24, 2.45) is 0 Å². The van der Waals surface area contributed by atoms with Gasteiger partial charge < -0.3 is 9.80 Å². The number of quaternary nitrogens is 1. The Labute approximate surface area is 152 Å². The third-order valence-corrected chi connectivity index (χ3v) is 7.41. The van der Waals surface area contributed by atoms with E-state index in [0.717, 1.165) is 25.1 Å². The lowest BCUT2D eigenvalue weighted by Gasteiger charge is -2.35. The van der Waals surface area contributed by atoms with Gasteiger partial charge in [-0.2, -0.15) is 0 Å². The summed E-state index contributed by atoms with van der Waals surface area (Å²) in [6.45, 7) is 2.97. The summed E-state index contributed by atoms with van der Waals surface area (Å²) in [5.41, 5.74) is 0.853. The largest absolute Gasteiger partial charge is 0.331 e. The lowest BCUT2D eigenvalue weighted by molar-refractivity contribution is -0.925. The molecule has 2 fully saturated rings. The van der Waals surface area contributed by atoms with E-state index in [1.807, 2.05) is 11.0 Å². The summed E-state index contributed by atoms with van der Waals surface area (Å²) in [4.78, 5) is 15.6. The quantitative estimate of drug-likeness (QED) is 0.813. The van der Waals surface area contributed by atoms with Gasteiger partial charge in [0.1, 0.15) is 11.8 Å². The van der Waals surface area contributed by atoms with Crippen molar-refractivity contribution in [3.8, 4) is 0 Å². The van der Waals surface area contributed by atoms with Crippen molar-refractivity contribution in [2.45, 2.75) is 18.9 Å². The first kappa shape index (κ1) is 18.0. The van der Waals surface area contributed by atoms with E-state index in [0.29, 0.717) is 41.1 Å². The van der Waals surface area contributed by atoms with Crippen LogP contribution < -0.4 is 4.90 Å². The van der Waals surface area contributed by atoms with E-state index in [1.54, 1.807) is 12.1 Å². The molecule has 1 amide bonds. The zero-order chi connectivity index (χ0) is 17.3. The number of sulfone groups is 1. The molecule has 0 unspecified atom stereocenters. The molecule has 0 bridgehead atoms. The molecule has 2 heterocycles. The average molecular weight is 392 g/mol. The zero-order valence-electron chi connectivity index (χ0n) is 13.3. The van der Waals surface area contributed by atoms with Crippen molar-refractivity contribution in [3.63, 3.8) is 0 Å². The number of nitrogens with one attached hydrogen (secondary N) is 1. The van der Waals surface area contributed by atoms with Crippen LogP contribution in [0.3, 0.4) is 0 Å². The molecule has 1 aromatic rings. The van der Waals surface area contributed by atoms with Crippen LogP contribution in [0.2, 0.25) is 10.0 Å². The summed E-state index contributed by atoms with van der Waals surface area (Å²) in [6, 6.07) is 5.45. The molecule has 5 nitrogen and oxygen atoms in total. The van der Waals surface area contributed by atoms with Gasteiger partial charge in [-0.1, -0.05) is 29.3 Å². The highest BCUT2D eigenvalue weighted by Gasteiger charge is 2.37. The molecule has 2 saturated heterocycles. The topological polar surface area (TPSA) is 58.9 Å². The predicted octanol–water partition coefficient (Wildman–Crippen LogP) is 0.450. The lowest BCUT2D eigenvalue weighted by Crippen LogP contribution is -3.18. The second kappa shape index (κ2) is 7.20. The fraction of sp³-hybridized carbons (Fsp3) is 0.562. The first-order valence-electron chi connectivity index (χ1n) is 8.11. The van der Waals surface area contributed by atoms with Gasteiger partial charge in [-0.3, -0.25) is 4.79 Å². The molecule has 0 saturated carbocycles. The molecule has 1 aromatic carbocycles. The fourth-order valence-corrected chi connectivity index (χ4v) is 5.65. The molecule has 24 heavy (non-hydrogen) atoms. The number of carbonyl (C=O) groups is 1. The third-order valence-electron chi connectivity index (χ3n) is 4.91. The van der Waals surface area contributed by atoms with Gasteiger partial charge in [0.05, 0.1) is 48.4 Å². The Hall–Kier alpha value is -0.820. The molecule has 0 aromatic heterocycles. The number of rotatable bonds is 3. The maximum absolute atomic E-state index is 12.4. The van der Waals surface area contributed by atoms with Crippen LogP contribution in [0.25, 0.3) is 0 Å². The van der Waals surface area contributed by atoms with Crippen LogP contribution in [0.15, 0.2) is 18.2 Å². The number of amides is 1. The maximum Gasteiger partial charge on any atom is 0.227 e. The van der Waals surface area contributed by atoms with Crippen LogP contribution in [-0.4, -0.2) is 63.0 Å². The lowest BCUT2D eigenvalue weighted by atomic mass is 10.1. The normalized spacial score (nSPS) is 24.2. The number of piperazine rings is 1. The van der Waals surface area contributed by atoms with Gasteiger partial charge in [-0.25, -0.2) is 8.42 Å². The summed E-state index contributed by atoms with van der Waals surface area (Å²) >= 11 is 11.9. The molecule has 3 rings (SSSR count). The Morgan fingerprint density at radius 2 is 1.92 bits per heavy atom. The van der Waals surface area contributed by atoms with E-state index < -0.39 is 9.84 Å². The van der Waals surface area contributed by atoms with Crippen molar-refractivity contribution in [1.82, 2.24) is 4.90 Å². The Balaban J connectivity index is 1.52. The molecule has 2 aliphatic heterocycles. The molecule has 1 atom stereocenters. The minimum atomic E-state index is -2.85. The number of nitrogens with zero attached hydrogens (tertiary/aromatic N) is 1. The summed E-state index contributed by atoms with van der Waals surface area (Å²) < 4.78 is 23.2. The van der Waals surface area contributed by atoms with E-state index in [1.165, 1.54) is 4.90 Å². The number of hydrogen-bond acceptors (Lipinski definition) is 3. The first-order chi connectivity index (χ1) is 11.3. The second-order valence-electron chi connectivity index (χ2n) is 6.56. The van der Waals surface area contributed by atoms with Crippen molar-refractivity contribution >= 4 is 38.9 Å². The van der Waals surface area contributed by atoms with Gasteiger partial charge in [0.25, 0.3) is 0 Å². The minimum absolute atomic E-state index is 0.0754. The number of benzene rings is 1. The number of hydrogen-bond donors (Lipinski definition) is 1. The number of carbonyl (C=O) groups excluding carboxylic acids is 1. The van der Waals surface area contributed by atoms with E-state index in [4.69, 9.17) is 23.2 Å². The van der Waals surface area contributed by atoms with Crippen LogP contribution in [-0.2, 0) is 21.1 Å². The Morgan fingerprint density at radius 1 is 1.21 bits per heavy atom. The number of halogens is 2. The summed E-state index contributed by atoms with van der Waals surface area (Å²) in [6.07, 6.45) is 1.05. The molecule has 2 aliphatic rings. The van der Waals surface area contributed by atoms with Crippen LogP contribution in [0.1, 0.15) is 12.0 Å². The van der Waals surface area contributed by atoms with E-state index in [2.05, 4.69) is 0 Å². The Kier molecular flexibility index (Phi) is 5.39. The molecule has 0 radical (unpaired) electrons.